The van der Waals surface area contributed by atoms with Crippen LogP contribution in [0.5, 0.6) is 0 Å². The van der Waals surface area contributed by atoms with Gasteiger partial charge in [-0.3, -0.25) is 30.0 Å². The molecule has 0 aliphatic rings. The maximum Gasteiger partial charge on any atom is 0.195 e. The number of hydrogen-bond donors (Lipinski definition) is 10. The molecule has 0 rings (SSSR count). The Labute approximate surface area is 255 Å². The zero-order chi connectivity index (χ0) is 31.7. The van der Waals surface area contributed by atoms with Crippen molar-refractivity contribution >= 4 is 104 Å². The molecule has 16 nitrogen and oxygen atoms in total. The smallest absolute Gasteiger partial charge is 0.195 e. The van der Waals surface area contributed by atoms with E-state index in [0.717, 1.165) is 0 Å². The van der Waals surface area contributed by atoms with Gasteiger partial charge in [0, 0.05) is 53.9 Å². The van der Waals surface area contributed by atoms with Crippen LogP contribution in [0, 0.1) is 0 Å². The number of hydrazine groups is 2. The van der Waals surface area contributed by atoms with Crippen molar-refractivity contribution in [2.24, 2.45) is 21.9 Å². The van der Waals surface area contributed by atoms with E-state index in [-0.39, 0.29) is 23.1 Å². The topological polar surface area (TPSA) is 241 Å². The molecule has 0 spiro atoms. The normalized spacial score (nSPS) is 10.0. The van der Waals surface area contributed by atoms with E-state index < -0.39 is 0 Å². The monoisotopic (exact) mass is 638 g/mol. The number of hydrogen-bond acceptors (Lipinski definition) is 12. The van der Waals surface area contributed by atoms with Gasteiger partial charge >= 0.3 is 0 Å². The fourth-order valence-corrected chi connectivity index (χ4v) is 1.81. The maximum atomic E-state index is 10.9. The van der Waals surface area contributed by atoms with Crippen LogP contribution in [0.4, 0.5) is 0 Å². The average molecular weight is 639 g/mol. The first kappa shape index (κ1) is 41.2. The van der Waals surface area contributed by atoms with Gasteiger partial charge in [0.25, 0.3) is 0 Å². The van der Waals surface area contributed by atoms with Gasteiger partial charge in [-0.15, -0.1) is 0 Å². The van der Waals surface area contributed by atoms with Crippen molar-refractivity contribution in [3.8, 4) is 0 Å². The van der Waals surface area contributed by atoms with E-state index in [4.69, 9.17) is 60.6 Å². The quantitative estimate of drug-likeness (QED) is 0.0285. The molecule has 0 aromatic carbocycles. The van der Waals surface area contributed by atoms with Crippen LogP contribution in [-0.4, -0.2) is 81.2 Å². The number of nitrogens with one attached hydrogen (secondary N) is 8. The lowest BCUT2D eigenvalue weighted by molar-refractivity contribution is -0.134. The third-order valence-corrected chi connectivity index (χ3v) is 4.82. The van der Waals surface area contributed by atoms with Crippen LogP contribution in [0.25, 0.3) is 0 Å². The number of ketones is 4. The molecule has 226 valence electrons. The van der Waals surface area contributed by atoms with Crippen molar-refractivity contribution < 1.29 is 19.2 Å². The molecule has 0 bridgehead atoms. The highest BCUT2D eigenvalue weighted by Crippen LogP contribution is 1.79. The first-order valence-electron chi connectivity index (χ1n) is 11.3. The Bertz CT molecular complexity index is 897. The average Bonchev–Trinajstić information content (AvgIpc) is 2.90. The summed E-state index contributed by atoms with van der Waals surface area (Å²) < 4.78 is 0. The molecular weight excluding hydrogens is 601 g/mol. The van der Waals surface area contributed by atoms with E-state index in [9.17, 15) is 19.2 Å². The number of carbonyl (C=O) groups excluding carboxylic acids is 4. The van der Waals surface area contributed by atoms with E-state index in [1.54, 1.807) is 13.8 Å². The van der Waals surface area contributed by atoms with Gasteiger partial charge in [-0.2, -0.15) is 10.2 Å². The van der Waals surface area contributed by atoms with Crippen LogP contribution in [0.2, 0.25) is 0 Å². The molecule has 0 aliphatic heterocycles. The highest BCUT2D eigenvalue weighted by Gasteiger charge is 2.00. The van der Waals surface area contributed by atoms with Crippen LogP contribution in [0.3, 0.4) is 0 Å². The summed E-state index contributed by atoms with van der Waals surface area (Å²) in [5.41, 5.74) is 10.4. The van der Waals surface area contributed by atoms with Crippen molar-refractivity contribution in [1.29, 1.82) is 0 Å². The maximum absolute atomic E-state index is 10.9. The van der Waals surface area contributed by atoms with Gasteiger partial charge in [0.15, 0.2) is 43.6 Å². The second-order valence-corrected chi connectivity index (χ2v) is 8.79. The van der Waals surface area contributed by atoms with Crippen LogP contribution in [0.1, 0.15) is 41.5 Å². The molecule has 0 aliphatic carbocycles. The lowest BCUT2D eigenvalue weighted by Gasteiger charge is -2.10. The fraction of sp³-hybridized carbons (Fsp3) is 0.500. The second-order valence-electron chi connectivity index (χ2n) is 7.16. The zero-order valence-corrected chi connectivity index (χ0v) is 26.4. The molecule has 12 N–H and O–H groups in total. The first-order valence-corrected chi connectivity index (χ1v) is 12.9. The standard InChI is InChI=1S/C12H20N6O2S2.C4H12N6S2.C4H6O2/c1-7(9(3)19)15-17-11(21)13-5-6-14-12(22)18-16-8(2)10(4)20;5-9-3(11)7-1-2-8-4(12)10-6;1-3(5)4(2)6/h5-6H2,1-4H3,(H2,13,17,21)(H2,14,18,22);1-2,5-6H2,(H2,7,9,11)(H2,8,10,12);1-2H3/b15-7+,16-8+;;. The van der Waals surface area contributed by atoms with Gasteiger partial charge in [-0.25, -0.2) is 11.7 Å². The van der Waals surface area contributed by atoms with Gasteiger partial charge in [-0.1, -0.05) is 0 Å². The summed E-state index contributed by atoms with van der Waals surface area (Å²) >= 11 is 19.4. The highest BCUT2D eigenvalue weighted by atomic mass is 32.1. The SMILES string of the molecule is CC(=O)/C(C)=N/NC(=S)NCCNC(=S)N/N=C(\C)C(C)=O.CC(=O)C(C)=O.NNC(=S)NCCNC(=S)NN. The Morgan fingerprint density at radius 3 is 0.950 bits per heavy atom. The number of thiocarbonyl (C=S) groups is 4. The van der Waals surface area contributed by atoms with E-state index in [1.165, 1.54) is 27.7 Å². The summed E-state index contributed by atoms with van der Waals surface area (Å²) in [4.78, 5) is 41.5. The molecule has 0 saturated carbocycles. The lowest BCUT2D eigenvalue weighted by atomic mass is 10.3. The van der Waals surface area contributed by atoms with E-state index in [2.05, 4.69) is 53.2 Å². The first-order chi connectivity index (χ1) is 18.6. The number of hydrazone groups is 2. The Kier molecular flexibility index (Phi) is 26.7. The minimum atomic E-state index is -0.380. The van der Waals surface area contributed by atoms with E-state index in [0.29, 0.717) is 58.1 Å². The molecule has 20 heteroatoms. The van der Waals surface area contributed by atoms with Gasteiger partial charge in [0.05, 0.1) is 0 Å². The largest absolute Gasteiger partial charge is 0.360 e. The Balaban J connectivity index is -0.000000631. The molecule has 40 heavy (non-hydrogen) atoms. The second kappa shape index (κ2) is 26.0. The molecule has 0 atom stereocenters. The van der Waals surface area contributed by atoms with Crippen molar-refractivity contribution in [2.45, 2.75) is 41.5 Å². The van der Waals surface area contributed by atoms with Crippen LogP contribution < -0.4 is 54.7 Å². The van der Waals surface area contributed by atoms with Gasteiger partial charge in [0.2, 0.25) is 0 Å². The molecular formula is C20H38N12O4S4. The third-order valence-electron chi connectivity index (χ3n) is 3.82. The summed E-state index contributed by atoms with van der Waals surface area (Å²) in [5.74, 6) is 9.00. The van der Waals surface area contributed by atoms with Crippen LogP contribution >= 0.6 is 48.9 Å². The number of nitrogens with two attached hydrogens (primary N) is 2. The molecule has 0 heterocycles. The molecule has 0 unspecified atom stereocenters. The minimum Gasteiger partial charge on any atom is -0.360 e. The Hall–Kier alpha value is -3.30. The predicted octanol–water partition coefficient (Wildman–Crippen LogP) is -2.33. The minimum absolute atomic E-state index is 0.130. The Morgan fingerprint density at radius 1 is 0.500 bits per heavy atom. The fourth-order valence-electron chi connectivity index (χ4n) is 1.31. The third kappa shape index (κ3) is 29.3. The summed E-state index contributed by atoms with van der Waals surface area (Å²) in [7, 11) is 0. The van der Waals surface area contributed by atoms with Gasteiger partial charge < -0.3 is 32.1 Å². The Morgan fingerprint density at radius 2 is 0.750 bits per heavy atom. The molecule has 0 radical (unpaired) electrons. The number of rotatable bonds is 11. The molecule has 0 amide bonds. The van der Waals surface area contributed by atoms with Crippen molar-refractivity contribution in [1.82, 2.24) is 43.0 Å². The number of nitrogens with zero attached hydrogens (tertiary/aromatic N) is 2. The van der Waals surface area contributed by atoms with E-state index in [1.807, 2.05) is 0 Å². The molecule has 0 aromatic heterocycles. The predicted molar refractivity (Wildman–Crippen MR) is 172 cm³/mol. The van der Waals surface area contributed by atoms with Crippen LogP contribution in [0.15, 0.2) is 10.2 Å². The van der Waals surface area contributed by atoms with Crippen molar-refractivity contribution in [3.05, 3.63) is 0 Å². The number of Topliss-reactive ketones (excluding diaryl/α,β-unsaturated/α-hetero) is 4. The molecule has 0 fully saturated rings. The summed E-state index contributed by atoms with van der Waals surface area (Å²) in [6.45, 7) is 10.7. The van der Waals surface area contributed by atoms with Crippen molar-refractivity contribution in [2.75, 3.05) is 26.2 Å². The van der Waals surface area contributed by atoms with Crippen molar-refractivity contribution in [3.63, 3.8) is 0 Å². The van der Waals surface area contributed by atoms with Gasteiger partial charge in [-0.05, 0) is 62.7 Å². The summed E-state index contributed by atoms with van der Waals surface area (Å²) in [5, 5.41) is 20.4. The molecule has 0 aromatic rings. The van der Waals surface area contributed by atoms with Gasteiger partial charge in [0.1, 0.15) is 11.4 Å². The number of carbonyl (C=O) groups is 4. The summed E-state index contributed by atoms with van der Waals surface area (Å²) in [6.07, 6.45) is 0. The van der Waals surface area contributed by atoms with Crippen LogP contribution in [-0.2, 0) is 19.2 Å². The zero-order valence-electron chi connectivity index (χ0n) is 23.1. The highest BCUT2D eigenvalue weighted by molar-refractivity contribution is 7.80. The summed E-state index contributed by atoms with van der Waals surface area (Å²) in [6, 6.07) is 0. The molecule has 0 saturated heterocycles. The van der Waals surface area contributed by atoms with E-state index >= 15 is 0 Å². The lowest BCUT2D eigenvalue weighted by Crippen LogP contribution is -2.45.